The Labute approximate surface area is 823 Å². The molecule has 3 amide bonds. The quantitative estimate of drug-likeness (QED) is 0.0173. The second kappa shape index (κ2) is 63.2. The van der Waals surface area contributed by atoms with Gasteiger partial charge in [0.1, 0.15) is 5.69 Å². The van der Waals surface area contributed by atoms with E-state index in [4.69, 9.17) is 48.5 Å². The standard InChI is InChI=1S/C11H12O4.3C11H14O2.3C10H13NO.C10H15N.C9H13NO2S.2C9H11NO2.CH4/c1-6(2)7-4-3-5-8(10(12)13)9(7)11(14)15;1-8(2)9-4-6-10(7-5-9)11(12)13-3;1-8(2)9-5-4-6-10(7-9)11(12)13-3;1-8(2)9-6-4-5-7-10(9)11(12)13-3;1-7(2)8-3-5-9(6-4-8)10(11)12;1-7(2)8-4-3-5-9(6-8)10(11)12;1-7(2)8-5-3-4-6-9(8)10(11)12;1-7(2)9-4-5-10(11)8(3)6-9;1-7(2)8-5-3-4-6-9(8)13(10,11)12;1-6(2)8-5-7(9(11)12)3-4-10-8;1-6(2)7-3-4-10-8(5-7)9(11)12;/h3-6H,1-2H3,(H,12,13)(H,14,15);3*4-8H,1-3H3;3*3-7H,1-2H3,(H2,11,12);4-7H,11H2,1-3H3;3-7H,1-2H3,(H2,10,11,12);2*3-6H,1-2H3,(H,11,12);1H4. The van der Waals surface area contributed by atoms with Crippen LogP contribution in [0.2, 0.25) is 0 Å². The molecule has 0 saturated carbocycles. The number of ether oxygens (including phenoxy) is 3. The summed E-state index contributed by atoms with van der Waals surface area (Å²) in [7, 11) is 0.605. The third kappa shape index (κ3) is 45.0. The van der Waals surface area contributed by atoms with Gasteiger partial charge < -0.3 is 57.6 Å². The summed E-state index contributed by atoms with van der Waals surface area (Å²) in [5, 5.41) is 40.2. The Kier molecular flexibility index (Phi) is 56.7. The van der Waals surface area contributed by atoms with Crippen LogP contribution >= 0.6 is 0 Å². The normalized spacial score (nSPS) is 10.3. The number of carbonyl (C=O) groups excluding carboxylic acids is 6. The zero-order valence-corrected chi connectivity index (χ0v) is 85.4. The topological polar surface area (TPSA) is 469 Å². The van der Waals surface area contributed by atoms with E-state index in [9.17, 15) is 56.4 Å². The van der Waals surface area contributed by atoms with Gasteiger partial charge >= 0.3 is 41.8 Å². The van der Waals surface area contributed by atoms with E-state index in [0.29, 0.717) is 91.9 Å². The third-order valence-electron chi connectivity index (χ3n) is 20.8. The molecule has 11 aromatic rings. The van der Waals surface area contributed by atoms with Crippen LogP contribution in [0.25, 0.3) is 0 Å². The Morgan fingerprint density at radius 3 is 1.05 bits per heavy atom. The molecule has 0 unspecified atom stereocenters. The van der Waals surface area contributed by atoms with E-state index in [-0.39, 0.29) is 82.5 Å². The first kappa shape index (κ1) is 125. The molecule has 0 aliphatic carbocycles. The van der Waals surface area contributed by atoms with Gasteiger partial charge in [-0.1, -0.05) is 287 Å². The highest BCUT2D eigenvalue weighted by Crippen LogP contribution is 2.28. The summed E-state index contributed by atoms with van der Waals surface area (Å²) >= 11 is 0. The van der Waals surface area contributed by atoms with Crippen molar-refractivity contribution in [3.8, 4) is 0 Å². The predicted molar refractivity (Wildman–Crippen MR) is 556 cm³/mol. The lowest BCUT2D eigenvalue weighted by Crippen LogP contribution is -2.14. The minimum atomic E-state index is -3.58. The fourth-order valence-corrected chi connectivity index (χ4v) is 13.3. The Morgan fingerprint density at radius 2 is 0.669 bits per heavy atom. The first-order valence-corrected chi connectivity index (χ1v) is 46.7. The van der Waals surface area contributed by atoms with Crippen LogP contribution in [-0.4, -0.2) is 120 Å². The fraction of sp³-hybridized carbons (Fsp3) is 0.339. The SMILES string of the molecule is C.CC(C)c1cc(C(=O)O)ccn1.CC(C)c1ccc(C(N)=O)cc1.CC(C)c1cccc(C(=O)O)c1C(=O)O.CC(C)c1cccc(C(N)=O)c1.CC(C)c1ccccc1C(N)=O.CC(C)c1ccccc1S(N)(=O)=O.CC(C)c1ccnc(C(=O)O)c1.COC(=O)c1ccc(C(C)C)cc1.COC(=O)c1cccc(C(C)C)c1.COC(=O)c1ccccc1C(C)C.Cc1cc(C(C)C)ccc1N. The van der Waals surface area contributed by atoms with Crippen molar-refractivity contribution in [3.63, 3.8) is 0 Å². The molecule has 750 valence electrons. The van der Waals surface area contributed by atoms with Crippen molar-refractivity contribution < 1.29 is 91.0 Å². The second-order valence-corrected chi connectivity index (χ2v) is 36.6. The number of anilines is 1. The minimum Gasteiger partial charge on any atom is -0.478 e. The van der Waals surface area contributed by atoms with E-state index >= 15 is 0 Å². The maximum absolute atomic E-state index is 11.3. The lowest BCUT2D eigenvalue weighted by Gasteiger charge is -2.11. The third-order valence-corrected chi connectivity index (χ3v) is 21.8. The first-order valence-electron chi connectivity index (χ1n) is 45.2. The number of esters is 3. The molecular weight excluding hydrogens is 1780 g/mol. The number of aromatic carboxylic acids is 4. The molecule has 0 aliphatic heterocycles. The number of nitrogens with zero attached hydrogens (tertiary/aromatic N) is 2. The fourth-order valence-electron chi connectivity index (χ4n) is 12.4. The average molecular weight is 1930 g/mol. The number of hydrogen-bond donors (Lipinski definition) is 9. The van der Waals surface area contributed by atoms with Crippen LogP contribution in [0.5, 0.6) is 0 Å². The molecule has 27 heteroatoms. The summed E-state index contributed by atoms with van der Waals surface area (Å²) in [6.45, 7) is 46.9. The van der Waals surface area contributed by atoms with Crippen molar-refractivity contribution in [2.75, 3.05) is 27.1 Å². The number of hydrogen-bond acceptors (Lipinski definition) is 18. The highest BCUT2D eigenvalue weighted by Gasteiger charge is 2.22. The second-order valence-electron chi connectivity index (χ2n) is 35.1. The smallest absolute Gasteiger partial charge is 0.354 e. The summed E-state index contributed by atoms with van der Waals surface area (Å²) in [6, 6.07) is 68.9. The number of sulfonamides is 1. The molecule has 2 aromatic heterocycles. The van der Waals surface area contributed by atoms with Crippen molar-refractivity contribution in [2.24, 2.45) is 22.3 Å². The van der Waals surface area contributed by atoms with Crippen molar-refractivity contribution in [2.45, 2.75) is 237 Å². The van der Waals surface area contributed by atoms with Gasteiger partial charge in [0.15, 0.2) is 0 Å². The number of aromatic nitrogens is 2. The number of amides is 3. The molecule has 139 heavy (non-hydrogen) atoms. The number of nitrogen functional groups attached to an aromatic ring is 1. The summed E-state index contributed by atoms with van der Waals surface area (Å²) in [5.74, 6) is -2.31. The maximum atomic E-state index is 11.3. The Balaban J connectivity index is 0.00000151. The zero-order valence-electron chi connectivity index (χ0n) is 84.5. The van der Waals surface area contributed by atoms with Crippen LogP contribution in [0.4, 0.5) is 5.69 Å². The van der Waals surface area contributed by atoms with Crippen LogP contribution in [0.15, 0.2) is 248 Å². The van der Waals surface area contributed by atoms with Gasteiger partial charge in [-0.15, -0.1) is 0 Å². The maximum Gasteiger partial charge on any atom is 0.354 e. The molecule has 0 radical (unpaired) electrons. The van der Waals surface area contributed by atoms with E-state index in [1.54, 1.807) is 84.9 Å². The van der Waals surface area contributed by atoms with Gasteiger partial charge in [0, 0.05) is 40.5 Å². The minimum absolute atomic E-state index is 0. The van der Waals surface area contributed by atoms with Crippen molar-refractivity contribution in [1.29, 1.82) is 0 Å². The Hall–Kier alpha value is -14.3. The van der Waals surface area contributed by atoms with Crippen LogP contribution in [0.1, 0.15) is 395 Å². The predicted octanol–water partition coefficient (Wildman–Crippen LogP) is 24.3. The number of carbonyl (C=O) groups is 10. The molecule has 0 atom stereocenters. The van der Waals surface area contributed by atoms with Crippen LogP contribution in [0.3, 0.4) is 0 Å². The monoisotopic (exact) mass is 1930 g/mol. The molecule has 0 spiro atoms. The van der Waals surface area contributed by atoms with E-state index < -0.39 is 33.9 Å². The lowest BCUT2D eigenvalue weighted by molar-refractivity contribution is 0.0590. The molecule has 2 heterocycles. The van der Waals surface area contributed by atoms with Crippen LogP contribution in [0, 0.1) is 6.92 Å². The average Bonchev–Trinajstić information content (AvgIpc) is 0.824. The van der Waals surface area contributed by atoms with Gasteiger partial charge in [0.25, 0.3) is 0 Å². The number of rotatable bonds is 22. The molecule has 0 saturated heterocycles. The van der Waals surface area contributed by atoms with Crippen LogP contribution in [-0.2, 0) is 24.2 Å². The number of carboxylic acid groups (broad SMARTS) is 4. The molecule has 26 nitrogen and oxygen atoms in total. The number of primary amides is 3. The van der Waals surface area contributed by atoms with E-state index in [0.717, 1.165) is 44.8 Å². The van der Waals surface area contributed by atoms with Gasteiger partial charge in [-0.2, -0.15) is 0 Å². The number of nitrogens with two attached hydrogens (primary N) is 5. The Morgan fingerprint density at radius 1 is 0.302 bits per heavy atom. The highest BCUT2D eigenvalue weighted by molar-refractivity contribution is 7.89. The highest BCUT2D eigenvalue weighted by atomic mass is 32.2. The largest absolute Gasteiger partial charge is 0.478 e. The first-order chi connectivity index (χ1) is 64.5. The number of primary sulfonamides is 1. The van der Waals surface area contributed by atoms with Gasteiger partial charge in [-0.05, 0) is 236 Å². The van der Waals surface area contributed by atoms with Crippen molar-refractivity contribution in [3.05, 3.63) is 366 Å². The van der Waals surface area contributed by atoms with Gasteiger partial charge in [-0.25, -0.2) is 52.1 Å². The molecular formula is C112H147N7O19S. The number of benzene rings is 9. The zero-order chi connectivity index (χ0) is 105. The van der Waals surface area contributed by atoms with Gasteiger partial charge in [0.05, 0.1) is 59.6 Å². The van der Waals surface area contributed by atoms with Crippen molar-refractivity contribution >= 4 is 75.2 Å². The number of methoxy groups -OCH3 is 3. The molecule has 11 rings (SSSR count). The number of pyridine rings is 2. The van der Waals surface area contributed by atoms with E-state index in [2.05, 4.69) is 119 Å². The Bertz CT molecular complexity index is 5720. The lowest BCUT2D eigenvalue weighted by atomic mass is 9.93. The number of aryl methyl sites for hydroxylation is 1. The van der Waals surface area contributed by atoms with Crippen molar-refractivity contribution in [1.82, 2.24) is 9.97 Å². The number of carboxylic acids is 4. The van der Waals surface area contributed by atoms with Gasteiger partial charge in [0.2, 0.25) is 27.7 Å². The summed E-state index contributed by atoms with van der Waals surface area (Å²) < 4.78 is 36.2. The summed E-state index contributed by atoms with van der Waals surface area (Å²) in [5.41, 5.74) is 38.3. The molecule has 14 N–H and O–H groups in total. The molecule has 0 fully saturated rings. The summed E-state index contributed by atoms with van der Waals surface area (Å²) in [4.78, 5) is 117. The molecule has 9 aromatic carbocycles. The molecule has 0 aliphatic rings. The van der Waals surface area contributed by atoms with Crippen LogP contribution < -0.4 is 28.1 Å². The molecule has 0 bridgehead atoms. The van der Waals surface area contributed by atoms with E-state index in [1.807, 2.05) is 191 Å². The summed E-state index contributed by atoms with van der Waals surface area (Å²) in [6.07, 6.45) is 3.05. The van der Waals surface area contributed by atoms with E-state index in [1.165, 1.54) is 74.2 Å². The van der Waals surface area contributed by atoms with Gasteiger partial charge in [-0.3, -0.25) is 19.4 Å².